The second kappa shape index (κ2) is 5.31. The molecule has 0 heterocycles. The zero-order chi connectivity index (χ0) is 13.0. The molecule has 0 atom stereocenters. The van der Waals surface area contributed by atoms with E-state index in [1.165, 1.54) is 18.2 Å². The number of hydrogen-bond acceptors (Lipinski definition) is 3. The van der Waals surface area contributed by atoms with Crippen molar-refractivity contribution in [2.75, 3.05) is 0 Å². The van der Waals surface area contributed by atoms with Crippen LogP contribution < -0.4 is 0 Å². The molecule has 2 aromatic carbocycles. The highest BCUT2D eigenvalue weighted by Crippen LogP contribution is 2.19. The molecule has 1 N–H and O–H groups in total. The molecule has 2 rings (SSSR count). The van der Waals surface area contributed by atoms with Crippen molar-refractivity contribution < 1.29 is 19.0 Å². The summed E-state index contributed by atoms with van der Waals surface area (Å²) >= 11 is 0. The monoisotopic (exact) mass is 246 g/mol. The number of phenols is 1. The lowest BCUT2D eigenvalue weighted by atomic mass is 10.2. The molecule has 0 spiro atoms. The molecule has 0 aliphatic carbocycles. The predicted octanol–water partition coefficient (Wildman–Crippen LogP) is 2.89. The first-order chi connectivity index (χ1) is 8.68. The summed E-state index contributed by atoms with van der Waals surface area (Å²) in [5, 5.41) is 9.15. The molecule has 0 aliphatic heterocycles. The Morgan fingerprint density at radius 2 is 1.83 bits per heavy atom. The van der Waals surface area contributed by atoms with Gasteiger partial charge in [-0.3, -0.25) is 0 Å². The third-order valence-corrected chi connectivity index (χ3v) is 2.41. The molecule has 92 valence electrons. The van der Waals surface area contributed by atoms with Gasteiger partial charge in [0, 0.05) is 0 Å². The van der Waals surface area contributed by atoms with E-state index in [-0.39, 0.29) is 12.2 Å². The first-order valence-electron chi connectivity index (χ1n) is 5.37. The molecule has 18 heavy (non-hydrogen) atoms. The molecule has 0 amide bonds. The van der Waals surface area contributed by atoms with Crippen molar-refractivity contribution in [3.63, 3.8) is 0 Å². The summed E-state index contributed by atoms with van der Waals surface area (Å²) in [4.78, 5) is 11.6. The summed E-state index contributed by atoms with van der Waals surface area (Å²) in [6.45, 7) is 0.0643. The third kappa shape index (κ3) is 2.66. The van der Waals surface area contributed by atoms with E-state index >= 15 is 0 Å². The maximum atomic E-state index is 13.4. The Labute approximate surface area is 103 Å². The number of aromatic hydroxyl groups is 1. The summed E-state index contributed by atoms with van der Waals surface area (Å²) in [6, 6.07) is 12.9. The van der Waals surface area contributed by atoms with Gasteiger partial charge in [0.05, 0.1) is 5.56 Å². The lowest BCUT2D eigenvalue weighted by molar-refractivity contribution is 0.0466. The van der Waals surface area contributed by atoms with Crippen LogP contribution in [0.2, 0.25) is 0 Å². The number of esters is 1. The maximum absolute atomic E-state index is 13.4. The minimum atomic E-state index is -0.962. The zero-order valence-corrected chi connectivity index (χ0v) is 9.47. The summed E-state index contributed by atoms with van der Waals surface area (Å²) < 4.78 is 18.4. The Morgan fingerprint density at radius 3 is 2.56 bits per heavy atom. The highest BCUT2D eigenvalue weighted by molar-refractivity contribution is 5.90. The summed E-state index contributed by atoms with van der Waals surface area (Å²) in [6.07, 6.45) is 0. The number of rotatable bonds is 3. The number of halogens is 1. The smallest absolute Gasteiger partial charge is 0.341 e. The van der Waals surface area contributed by atoms with Gasteiger partial charge in [-0.1, -0.05) is 36.4 Å². The standard InChI is InChI=1S/C14H11FO3/c15-13-11(7-4-8-12(13)16)14(17)18-9-10-5-2-1-3-6-10/h1-8,16H,9H2. The van der Waals surface area contributed by atoms with E-state index in [9.17, 15) is 9.18 Å². The van der Waals surface area contributed by atoms with Crippen molar-refractivity contribution in [1.82, 2.24) is 0 Å². The summed E-state index contributed by atoms with van der Waals surface area (Å²) in [5.41, 5.74) is 0.539. The van der Waals surface area contributed by atoms with Crippen LogP contribution in [0.25, 0.3) is 0 Å². The zero-order valence-electron chi connectivity index (χ0n) is 9.47. The quantitative estimate of drug-likeness (QED) is 0.847. The predicted molar refractivity (Wildman–Crippen MR) is 63.6 cm³/mol. The molecule has 0 saturated carbocycles. The number of phenolic OH excluding ortho intramolecular Hbond substituents is 1. The molecule has 0 fully saturated rings. The van der Waals surface area contributed by atoms with Crippen LogP contribution in [-0.4, -0.2) is 11.1 Å². The Balaban J connectivity index is 2.07. The number of hydrogen-bond donors (Lipinski definition) is 1. The van der Waals surface area contributed by atoms with Gasteiger partial charge in [-0.25, -0.2) is 9.18 Å². The topological polar surface area (TPSA) is 46.5 Å². The molecule has 4 heteroatoms. The van der Waals surface area contributed by atoms with Crippen LogP contribution in [0.4, 0.5) is 4.39 Å². The van der Waals surface area contributed by atoms with Crippen LogP contribution in [0, 0.1) is 5.82 Å². The summed E-state index contributed by atoms with van der Waals surface area (Å²) in [7, 11) is 0. The minimum Gasteiger partial charge on any atom is -0.505 e. The van der Waals surface area contributed by atoms with Gasteiger partial charge in [0.1, 0.15) is 6.61 Å². The molecule has 0 bridgehead atoms. The minimum absolute atomic E-state index is 0.0643. The van der Waals surface area contributed by atoms with Gasteiger partial charge in [0.25, 0.3) is 0 Å². The van der Waals surface area contributed by atoms with Gasteiger partial charge < -0.3 is 9.84 Å². The van der Waals surface area contributed by atoms with Crippen LogP contribution >= 0.6 is 0 Å². The first kappa shape index (κ1) is 12.1. The van der Waals surface area contributed by atoms with Gasteiger partial charge in [0.2, 0.25) is 0 Å². The second-order valence-electron chi connectivity index (χ2n) is 3.70. The second-order valence-corrected chi connectivity index (χ2v) is 3.70. The van der Waals surface area contributed by atoms with Gasteiger partial charge in [-0.05, 0) is 17.7 Å². The number of carbonyl (C=O) groups is 1. The Hall–Kier alpha value is -2.36. The highest BCUT2D eigenvalue weighted by Gasteiger charge is 2.15. The van der Waals surface area contributed by atoms with Crippen LogP contribution in [0.1, 0.15) is 15.9 Å². The van der Waals surface area contributed by atoms with Gasteiger partial charge in [-0.2, -0.15) is 0 Å². The van der Waals surface area contributed by atoms with Gasteiger partial charge in [-0.15, -0.1) is 0 Å². The molecular weight excluding hydrogens is 235 g/mol. The van der Waals surface area contributed by atoms with E-state index in [4.69, 9.17) is 9.84 Å². The lowest BCUT2D eigenvalue weighted by Gasteiger charge is -2.06. The first-order valence-corrected chi connectivity index (χ1v) is 5.37. The molecule has 0 unspecified atom stereocenters. The van der Waals surface area contributed by atoms with E-state index in [1.807, 2.05) is 18.2 Å². The van der Waals surface area contributed by atoms with Crippen molar-refractivity contribution >= 4 is 5.97 Å². The average molecular weight is 246 g/mol. The maximum Gasteiger partial charge on any atom is 0.341 e. The molecule has 0 saturated heterocycles. The lowest BCUT2D eigenvalue weighted by Crippen LogP contribution is -2.07. The van der Waals surface area contributed by atoms with Gasteiger partial charge >= 0.3 is 5.97 Å². The van der Waals surface area contributed by atoms with E-state index < -0.39 is 17.5 Å². The Kier molecular flexibility index (Phi) is 3.57. The van der Waals surface area contributed by atoms with Crippen molar-refractivity contribution in [2.24, 2.45) is 0 Å². The molecule has 3 nitrogen and oxygen atoms in total. The van der Waals surface area contributed by atoms with E-state index in [1.54, 1.807) is 12.1 Å². The average Bonchev–Trinajstić information content (AvgIpc) is 2.40. The number of carbonyl (C=O) groups excluding carboxylic acids is 1. The molecule has 0 aliphatic rings. The molecule has 2 aromatic rings. The molecule has 0 aromatic heterocycles. The van der Waals surface area contributed by atoms with Crippen molar-refractivity contribution in [1.29, 1.82) is 0 Å². The van der Waals surface area contributed by atoms with E-state index in [0.717, 1.165) is 5.56 Å². The van der Waals surface area contributed by atoms with Crippen LogP contribution in [0.5, 0.6) is 5.75 Å². The fourth-order valence-corrected chi connectivity index (χ4v) is 1.48. The highest BCUT2D eigenvalue weighted by atomic mass is 19.1. The van der Waals surface area contributed by atoms with Crippen LogP contribution in [-0.2, 0) is 11.3 Å². The third-order valence-electron chi connectivity index (χ3n) is 2.41. The largest absolute Gasteiger partial charge is 0.505 e. The fourth-order valence-electron chi connectivity index (χ4n) is 1.48. The number of ether oxygens (including phenoxy) is 1. The Morgan fingerprint density at radius 1 is 1.11 bits per heavy atom. The van der Waals surface area contributed by atoms with E-state index in [0.29, 0.717) is 0 Å². The summed E-state index contributed by atoms with van der Waals surface area (Å²) in [5.74, 6) is -2.33. The normalized spacial score (nSPS) is 10.1. The van der Waals surface area contributed by atoms with Crippen molar-refractivity contribution in [3.8, 4) is 5.75 Å². The van der Waals surface area contributed by atoms with E-state index in [2.05, 4.69) is 0 Å². The van der Waals surface area contributed by atoms with Crippen molar-refractivity contribution in [3.05, 3.63) is 65.5 Å². The van der Waals surface area contributed by atoms with Crippen LogP contribution in [0.3, 0.4) is 0 Å². The van der Waals surface area contributed by atoms with Crippen LogP contribution in [0.15, 0.2) is 48.5 Å². The van der Waals surface area contributed by atoms with Crippen molar-refractivity contribution in [2.45, 2.75) is 6.61 Å². The SMILES string of the molecule is O=C(OCc1ccccc1)c1cccc(O)c1F. The Bertz CT molecular complexity index is 552. The number of benzene rings is 2. The molecular formula is C14H11FO3. The van der Waals surface area contributed by atoms with Gasteiger partial charge in [0.15, 0.2) is 11.6 Å². The fraction of sp³-hybridized carbons (Fsp3) is 0.0714. The molecule has 0 radical (unpaired) electrons.